The molecule has 19 nitrogen and oxygen atoms in total. The van der Waals surface area contributed by atoms with E-state index in [1.807, 2.05) is 48.0 Å². The van der Waals surface area contributed by atoms with E-state index >= 15 is 0 Å². The van der Waals surface area contributed by atoms with Crippen LogP contribution < -0.4 is 24.8 Å². The van der Waals surface area contributed by atoms with Crippen molar-refractivity contribution in [1.82, 2.24) is 30.0 Å². The Balaban J connectivity index is 1.09. The number of rotatable bonds is 27. The molecule has 4 heterocycles. The van der Waals surface area contributed by atoms with E-state index < -0.39 is 78.8 Å². The van der Waals surface area contributed by atoms with E-state index in [0.717, 1.165) is 49.2 Å². The number of hydrogen-bond donors (Lipinski definition) is 4. The second-order valence-electron chi connectivity index (χ2n) is 18.9. The van der Waals surface area contributed by atoms with Crippen LogP contribution in [0.3, 0.4) is 0 Å². The number of hydrogen-bond acceptors (Lipinski definition) is 16. The van der Waals surface area contributed by atoms with Gasteiger partial charge in [-0.1, -0.05) is 39.0 Å². The van der Waals surface area contributed by atoms with Crippen LogP contribution in [0.4, 0.5) is 10.5 Å². The summed E-state index contributed by atoms with van der Waals surface area (Å²) in [5, 5.41) is 12.5. The number of fused-ring (bicyclic) bond motifs is 1. The Morgan fingerprint density at radius 2 is 1.73 bits per heavy atom. The summed E-state index contributed by atoms with van der Waals surface area (Å²) in [6.07, 6.45) is 4.34. The summed E-state index contributed by atoms with van der Waals surface area (Å²) in [6.45, 7) is 15.5. The maximum Gasteiger partial charge on any atom is 0.322 e. The van der Waals surface area contributed by atoms with Crippen LogP contribution in [0.1, 0.15) is 111 Å². The number of H-pyrrole nitrogens is 1. The third-order valence-corrected chi connectivity index (χ3v) is 19.5. The van der Waals surface area contributed by atoms with Crippen molar-refractivity contribution >= 4 is 60.4 Å². The molecule has 0 aliphatic carbocycles. The minimum absolute atomic E-state index is 0.0497. The number of aromatic nitrogens is 2. The van der Waals surface area contributed by atoms with Gasteiger partial charge >= 0.3 is 6.03 Å². The first-order chi connectivity index (χ1) is 34.7. The normalized spacial score (nSPS) is 18.7. The van der Waals surface area contributed by atoms with Gasteiger partial charge in [-0.3, -0.25) is 24.4 Å². The number of amides is 3. The van der Waals surface area contributed by atoms with Crippen LogP contribution in [0.15, 0.2) is 69.3 Å². The van der Waals surface area contributed by atoms with Crippen molar-refractivity contribution in [2.24, 2.45) is 0 Å². The van der Waals surface area contributed by atoms with Crippen molar-refractivity contribution in [2.75, 3.05) is 58.4 Å². The first-order valence-electron chi connectivity index (χ1n) is 24.9. The van der Waals surface area contributed by atoms with Gasteiger partial charge in [-0.05, 0) is 121 Å². The van der Waals surface area contributed by atoms with Gasteiger partial charge in [0.1, 0.15) is 43.8 Å². The third kappa shape index (κ3) is 14.1. The molecular weight excluding hydrogens is 999 g/mol. The topological polar surface area (TPSA) is 245 Å². The molecule has 4 aromatic rings. The van der Waals surface area contributed by atoms with Gasteiger partial charge in [0.2, 0.25) is 5.91 Å². The van der Waals surface area contributed by atoms with Gasteiger partial charge in [0.05, 0.1) is 30.9 Å². The lowest BCUT2D eigenvalue weighted by Crippen LogP contribution is -2.50. The number of ketones is 2. The zero-order valence-corrected chi connectivity index (χ0v) is 45.5. The highest BCUT2D eigenvalue weighted by Gasteiger charge is 2.43. The number of likely N-dealkylation sites (tertiary alicyclic amines) is 1. The fourth-order valence-corrected chi connectivity index (χ4v) is 13.9. The van der Waals surface area contributed by atoms with E-state index in [0.29, 0.717) is 47.2 Å². The van der Waals surface area contributed by atoms with Crippen LogP contribution in [0.5, 0.6) is 11.5 Å². The predicted octanol–water partition coefficient (Wildman–Crippen LogP) is 7.05. The lowest BCUT2D eigenvalue weighted by Gasteiger charge is -2.35. The van der Waals surface area contributed by atoms with Crippen LogP contribution in [0, 0.1) is 0 Å². The maximum atomic E-state index is 14.3. The molecule has 4 N–H and O–H groups in total. The number of thiophene rings is 1. The first kappa shape index (κ1) is 57.1. The molecule has 22 heteroatoms. The number of ether oxygens (including phenoxy) is 4. The third-order valence-electron chi connectivity index (χ3n) is 13.7. The Morgan fingerprint density at radius 3 is 2.40 bits per heavy atom. The monoisotopic (exact) mass is 1070 g/mol. The molecule has 2 aromatic heterocycles. The lowest BCUT2D eigenvalue weighted by molar-refractivity contribution is -0.170. The average Bonchev–Trinajstić information content (AvgIpc) is 4.19. The lowest BCUT2D eigenvalue weighted by atomic mass is 9.91. The van der Waals surface area contributed by atoms with Crippen molar-refractivity contribution in [1.29, 1.82) is 0 Å². The highest BCUT2D eigenvalue weighted by molar-refractivity contribution is 7.95. The number of carbonyl (C=O) groups excluding carboxylic acids is 4. The zero-order valence-electron chi connectivity index (χ0n) is 43.1. The Bertz CT molecular complexity index is 2780. The first-order valence-corrected chi connectivity index (χ1v) is 28.7. The number of sulfone groups is 1. The number of sulfonamides is 1. The summed E-state index contributed by atoms with van der Waals surface area (Å²) in [7, 11) is -6.69. The number of methoxy groups -OCH3 is 1. The van der Waals surface area contributed by atoms with Crippen LogP contribution in [0.2, 0.25) is 0 Å². The van der Waals surface area contributed by atoms with Crippen LogP contribution >= 0.6 is 11.3 Å². The smallest absolute Gasteiger partial charge is 0.322 e. The van der Waals surface area contributed by atoms with Gasteiger partial charge < -0.3 is 34.5 Å². The fourth-order valence-electron chi connectivity index (χ4n) is 8.92. The molecule has 3 amide bonds. The summed E-state index contributed by atoms with van der Waals surface area (Å²) >= 11 is 0.592. The van der Waals surface area contributed by atoms with Crippen molar-refractivity contribution in [3.63, 3.8) is 0 Å². The van der Waals surface area contributed by atoms with Crippen LogP contribution in [-0.2, 0) is 50.3 Å². The Morgan fingerprint density at radius 1 is 0.986 bits per heavy atom. The minimum atomic E-state index is -4.48. The predicted molar refractivity (Wildman–Crippen MR) is 278 cm³/mol. The highest BCUT2D eigenvalue weighted by atomic mass is 32.3. The Hall–Kier alpha value is -5.23. The molecule has 5 atom stereocenters. The van der Waals surface area contributed by atoms with E-state index in [9.17, 15) is 36.0 Å². The van der Waals surface area contributed by atoms with Crippen molar-refractivity contribution in [3.05, 3.63) is 72.1 Å². The molecule has 2 aliphatic rings. The molecule has 1 saturated heterocycles. The molecule has 0 spiro atoms. The zero-order chi connectivity index (χ0) is 53.1. The van der Waals surface area contributed by atoms with Crippen LogP contribution in [0.25, 0.3) is 11.1 Å². The number of Topliss-reactive ketones (excluding diaryl/α,β-unsaturated/α-hetero) is 2. The van der Waals surface area contributed by atoms with Gasteiger partial charge in [0.15, 0.2) is 21.4 Å². The molecule has 400 valence electrons. The van der Waals surface area contributed by atoms with E-state index in [4.69, 9.17) is 18.9 Å². The SMILES string of the molecule is CCN[C@H]1C[C@H](C)S(=O)(=O)c2sc(S(=O)(=O)NC(=O)CCC(=O)C(C)(CC)O[C@@H](C)C(=O)C(C)(CC)OCCN(Cc3cccc(OC)c3)C(=O)Nc3ccc(-c4cn[nH]c4)cc3OCCN3CCCC3)cc21. The standard InChI is InChI=1S/C51H71N7O12S3/c1-9-50(6,44(59)19-20-45(60)56-73(65,66)46-30-40-42(52-11-3)27-34(4)72(63,64)48(40)71-46)70-35(5)47(61)51(7,10-2)69-26-24-58(33-36-15-14-16-39(28-36)67-8)49(62)55-41-18-17-37(38-31-53-54-32-38)29-43(41)68-25-23-57-21-12-13-22-57/h14-18,28-32,34-35,42,52H,9-13,19-27,33H2,1-8H3,(H,53,54)(H,55,62)(H,56,60)/t34-,35-,42-,50?,51?/m0/s1. The van der Waals surface area contributed by atoms with Crippen molar-refractivity contribution in [2.45, 2.75) is 137 Å². The fraction of sp³-hybridized carbons (Fsp3) is 0.549. The molecule has 1 fully saturated rings. The summed E-state index contributed by atoms with van der Waals surface area (Å²) in [5.74, 6) is -0.831. The second-order valence-corrected chi connectivity index (χ2v) is 24.4. The number of anilines is 1. The number of benzene rings is 2. The molecule has 2 unspecified atom stereocenters. The van der Waals surface area contributed by atoms with Crippen molar-refractivity contribution < 1.29 is 55.0 Å². The van der Waals surface area contributed by atoms with Gasteiger partial charge in [-0.25, -0.2) is 26.4 Å². The molecule has 73 heavy (non-hydrogen) atoms. The summed E-state index contributed by atoms with van der Waals surface area (Å²) in [5.41, 5.74) is 0.373. The molecule has 0 bridgehead atoms. The van der Waals surface area contributed by atoms with Crippen LogP contribution in [-0.4, -0.2) is 136 Å². The molecule has 0 radical (unpaired) electrons. The van der Waals surface area contributed by atoms with Gasteiger partial charge in [0, 0.05) is 55.8 Å². The van der Waals surface area contributed by atoms with Gasteiger partial charge in [0.25, 0.3) is 10.0 Å². The Labute approximate surface area is 433 Å². The number of aromatic amines is 1. The quantitative estimate of drug-likeness (QED) is 0.0467. The summed E-state index contributed by atoms with van der Waals surface area (Å²) in [4.78, 5) is 59.3. The Kier molecular flexibility index (Phi) is 19.4. The summed E-state index contributed by atoms with van der Waals surface area (Å²) < 4.78 is 78.9. The highest BCUT2D eigenvalue weighted by Crippen LogP contribution is 2.43. The van der Waals surface area contributed by atoms with Gasteiger partial charge in [-0.2, -0.15) is 5.10 Å². The van der Waals surface area contributed by atoms with E-state index in [-0.39, 0.29) is 53.4 Å². The minimum Gasteiger partial charge on any atom is -0.497 e. The van der Waals surface area contributed by atoms with Crippen molar-refractivity contribution in [3.8, 4) is 22.6 Å². The maximum absolute atomic E-state index is 14.3. The molecule has 0 saturated carbocycles. The molecule has 6 rings (SSSR count). The second kappa shape index (κ2) is 24.9. The largest absolute Gasteiger partial charge is 0.497 e. The number of nitrogens with one attached hydrogen (secondary N) is 4. The van der Waals surface area contributed by atoms with Gasteiger partial charge in [-0.15, -0.1) is 11.3 Å². The molecular formula is C51H71N7O12S3. The summed E-state index contributed by atoms with van der Waals surface area (Å²) in [6, 6.07) is 13.4. The number of carbonyl (C=O) groups is 4. The van der Waals surface area contributed by atoms with E-state index in [1.54, 1.807) is 58.2 Å². The average molecular weight is 1070 g/mol. The van der Waals surface area contributed by atoms with E-state index in [2.05, 4.69) is 25.7 Å². The number of urea groups is 1. The van der Waals surface area contributed by atoms with E-state index in [1.165, 1.54) is 19.9 Å². The molecule has 2 aliphatic heterocycles. The number of nitrogens with zero attached hydrogens (tertiary/aromatic N) is 3. The molecule has 2 aromatic carbocycles.